The van der Waals surface area contributed by atoms with E-state index in [9.17, 15) is 4.57 Å². The van der Waals surface area contributed by atoms with Gasteiger partial charge in [-0.3, -0.25) is 4.57 Å². The molecule has 3 aromatic rings. The maximum Gasteiger partial charge on any atom is 0.350 e. The van der Waals surface area contributed by atoms with Crippen LogP contribution in [0.15, 0.2) is 40.5 Å². The van der Waals surface area contributed by atoms with Crippen LogP contribution in [0.1, 0.15) is 12.8 Å². The number of nitrogens with zero attached hydrogens (tertiary/aromatic N) is 4. The van der Waals surface area contributed by atoms with E-state index < -0.39 is 13.9 Å². The van der Waals surface area contributed by atoms with E-state index in [0.717, 1.165) is 23.5 Å². The zero-order valence-electron chi connectivity index (χ0n) is 16.2. The molecule has 30 heavy (non-hydrogen) atoms. The molecule has 1 saturated carbocycles. The van der Waals surface area contributed by atoms with Crippen molar-refractivity contribution in [3.05, 3.63) is 30.6 Å². The highest BCUT2D eigenvalue weighted by Crippen LogP contribution is 2.42. The quantitative estimate of drug-likeness (QED) is 0.328. The number of hydrogen-bond acceptors (Lipinski definition) is 8. The van der Waals surface area contributed by atoms with E-state index in [1.54, 1.807) is 13.4 Å². The molecule has 4 rings (SSSR count). The first kappa shape index (κ1) is 21.1. The summed E-state index contributed by atoms with van der Waals surface area (Å²) in [4.78, 5) is 32.0. The molecule has 0 amide bonds. The first-order chi connectivity index (χ1) is 14.3. The Bertz CT molecular complexity index is 1090. The Morgan fingerprint density at radius 3 is 2.77 bits per heavy atom. The number of hydrogen-bond donors (Lipinski definition) is 3. The molecule has 1 fully saturated rings. The summed E-state index contributed by atoms with van der Waals surface area (Å²) in [6.45, 7) is 0.653. The molecule has 2 heterocycles. The zero-order chi connectivity index (χ0) is 21.3. The van der Waals surface area contributed by atoms with Crippen LogP contribution in [0.2, 0.25) is 0 Å². The molecule has 1 aromatic carbocycles. The second-order valence-corrected chi connectivity index (χ2v) is 9.71. The fourth-order valence-electron chi connectivity index (χ4n) is 3.15. The zero-order valence-corrected chi connectivity index (χ0v) is 17.9. The van der Waals surface area contributed by atoms with Crippen LogP contribution in [0, 0.1) is 5.92 Å². The first-order valence-corrected chi connectivity index (χ1v) is 11.9. The Hall–Kier alpha value is -2.17. The average molecular weight is 451 g/mol. The minimum absolute atomic E-state index is 0.103. The maximum absolute atomic E-state index is 10.9. The number of aromatic nitrogens is 4. The van der Waals surface area contributed by atoms with Gasteiger partial charge >= 0.3 is 7.60 Å². The SMILES string of the molecule is COc1ccc(Sc2nc(N)nc3c2ncn3CCC2CC2OCP(=O)(O)O)cc1. The minimum atomic E-state index is -4.13. The molecule has 1 aliphatic carbocycles. The van der Waals surface area contributed by atoms with Gasteiger partial charge in [0.1, 0.15) is 22.6 Å². The number of anilines is 1. The predicted octanol–water partition coefficient (Wildman–Crippen LogP) is 2.50. The molecule has 2 aromatic heterocycles. The van der Waals surface area contributed by atoms with Gasteiger partial charge in [0.15, 0.2) is 5.65 Å². The van der Waals surface area contributed by atoms with Gasteiger partial charge in [-0.05, 0) is 43.0 Å². The summed E-state index contributed by atoms with van der Waals surface area (Å²) in [7, 11) is -2.51. The van der Waals surface area contributed by atoms with Gasteiger partial charge in [0.25, 0.3) is 0 Å². The highest BCUT2D eigenvalue weighted by Gasteiger charge is 2.39. The molecule has 4 N–H and O–H groups in total. The summed E-state index contributed by atoms with van der Waals surface area (Å²) in [6, 6.07) is 7.64. The average Bonchev–Trinajstić information content (AvgIpc) is 3.34. The molecule has 1 aliphatic rings. The highest BCUT2D eigenvalue weighted by molar-refractivity contribution is 7.99. The summed E-state index contributed by atoms with van der Waals surface area (Å²) in [6.07, 6.45) is 2.67. The van der Waals surface area contributed by atoms with Crippen molar-refractivity contribution in [1.29, 1.82) is 0 Å². The van der Waals surface area contributed by atoms with Crippen LogP contribution in [0.3, 0.4) is 0 Å². The number of benzene rings is 1. The van der Waals surface area contributed by atoms with Crippen LogP contribution < -0.4 is 10.5 Å². The normalized spacial score (nSPS) is 18.6. The van der Waals surface area contributed by atoms with Crippen molar-refractivity contribution in [2.75, 3.05) is 19.2 Å². The third kappa shape index (κ3) is 5.11. The second kappa shape index (κ2) is 8.52. The fraction of sp³-hybridized carbons (Fsp3) is 0.389. The molecule has 0 saturated heterocycles. The lowest BCUT2D eigenvalue weighted by Crippen LogP contribution is -2.05. The Morgan fingerprint density at radius 2 is 2.07 bits per heavy atom. The van der Waals surface area contributed by atoms with Crippen LogP contribution in [0.25, 0.3) is 11.2 Å². The summed E-state index contributed by atoms with van der Waals surface area (Å²) in [5.74, 6) is 1.22. The van der Waals surface area contributed by atoms with Gasteiger partial charge in [0.05, 0.1) is 19.5 Å². The molecule has 2 atom stereocenters. The Balaban J connectivity index is 1.44. The number of imidazole rings is 1. The molecule has 0 bridgehead atoms. The van der Waals surface area contributed by atoms with Gasteiger partial charge in [-0.2, -0.15) is 4.98 Å². The van der Waals surface area contributed by atoms with Crippen molar-refractivity contribution < 1.29 is 23.8 Å². The molecule has 10 nitrogen and oxygen atoms in total. The van der Waals surface area contributed by atoms with Crippen LogP contribution in [0.5, 0.6) is 5.75 Å². The van der Waals surface area contributed by atoms with Crippen molar-refractivity contribution >= 4 is 36.5 Å². The lowest BCUT2D eigenvalue weighted by atomic mass is 10.3. The minimum Gasteiger partial charge on any atom is -0.497 e. The Morgan fingerprint density at radius 1 is 1.30 bits per heavy atom. The summed E-state index contributed by atoms with van der Waals surface area (Å²) >= 11 is 1.45. The molecule has 0 radical (unpaired) electrons. The smallest absolute Gasteiger partial charge is 0.350 e. The summed E-state index contributed by atoms with van der Waals surface area (Å²) in [5.41, 5.74) is 7.27. The van der Waals surface area contributed by atoms with Crippen LogP contribution >= 0.6 is 19.4 Å². The van der Waals surface area contributed by atoms with Crippen molar-refractivity contribution in [2.24, 2.45) is 5.92 Å². The van der Waals surface area contributed by atoms with Gasteiger partial charge in [0, 0.05) is 11.4 Å². The van der Waals surface area contributed by atoms with E-state index in [-0.39, 0.29) is 18.0 Å². The Kier molecular flexibility index (Phi) is 5.99. The molecular weight excluding hydrogens is 429 g/mol. The van der Waals surface area contributed by atoms with Crippen LogP contribution in [0.4, 0.5) is 5.95 Å². The van der Waals surface area contributed by atoms with Gasteiger partial charge < -0.3 is 29.6 Å². The third-order valence-corrected chi connectivity index (χ3v) is 6.25. The number of nitrogen functional groups attached to an aromatic ring is 1. The van der Waals surface area contributed by atoms with Gasteiger partial charge in [-0.1, -0.05) is 11.8 Å². The molecule has 160 valence electrons. The number of rotatable bonds is 9. The lowest BCUT2D eigenvalue weighted by Gasteiger charge is -2.07. The van der Waals surface area contributed by atoms with E-state index >= 15 is 0 Å². The summed E-state index contributed by atoms with van der Waals surface area (Å²) < 4.78 is 23.3. The van der Waals surface area contributed by atoms with E-state index in [1.807, 2.05) is 28.8 Å². The van der Waals surface area contributed by atoms with Crippen LogP contribution in [-0.4, -0.2) is 48.9 Å². The number of fused-ring (bicyclic) bond motifs is 1. The van der Waals surface area contributed by atoms with Gasteiger partial charge in [0.2, 0.25) is 5.95 Å². The van der Waals surface area contributed by atoms with Crippen molar-refractivity contribution in [3.63, 3.8) is 0 Å². The monoisotopic (exact) mass is 451 g/mol. The molecule has 2 unspecified atom stereocenters. The topological polar surface area (TPSA) is 146 Å². The van der Waals surface area contributed by atoms with Crippen molar-refractivity contribution in [3.8, 4) is 5.75 Å². The molecule has 0 aliphatic heterocycles. The summed E-state index contributed by atoms with van der Waals surface area (Å²) in [5, 5.41) is 0.677. The Labute approximate surface area is 177 Å². The molecule has 12 heteroatoms. The number of methoxy groups -OCH3 is 1. The van der Waals surface area contributed by atoms with E-state index in [2.05, 4.69) is 15.0 Å². The van der Waals surface area contributed by atoms with Crippen molar-refractivity contribution in [2.45, 2.75) is 35.4 Å². The number of ether oxygens (including phenoxy) is 2. The van der Waals surface area contributed by atoms with Crippen LogP contribution in [-0.2, 0) is 15.8 Å². The largest absolute Gasteiger partial charge is 0.497 e. The molecule has 0 spiro atoms. The van der Waals surface area contributed by atoms with Crippen molar-refractivity contribution in [1.82, 2.24) is 19.5 Å². The maximum atomic E-state index is 10.9. The number of aryl methyl sites for hydroxylation is 1. The lowest BCUT2D eigenvalue weighted by molar-refractivity contribution is 0.130. The number of nitrogens with two attached hydrogens (primary N) is 1. The first-order valence-electron chi connectivity index (χ1n) is 9.29. The highest BCUT2D eigenvalue weighted by atomic mass is 32.2. The molecular formula is C18H22N5O5PS. The fourth-order valence-corrected chi connectivity index (χ4v) is 4.41. The van der Waals surface area contributed by atoms with E-state index in [1.165, 1.54) is 11.8 Å². The predicted molar refractivity (Wildman–Crippen MR) is 111 cm³/mol. The van der Waals surface area contributed by atoms with Gasteiger partial charge in [-0.15, -0.1) is 0 Å². The third-order valence-electron chi connectivity index (χ3n) is 4.78. The van der Waals surface area contributed by atoms with E-state index in [4.69, 9.17) is 25.0 Å². The second-order valence-electron chi connectivity index (χ2n) is 7.06. The standard InChI is InChI=1S/C18H22N5O5PS/c1-27-12-2-4-13(5-3-12)30-17-15-16(21-18(19)22-17)23(9-20-15)7-6-11-8-14(11)28-10-29(24,25)26/h2-5,9,11,14H,6-8,10H2,1H3,(H2,19,21,22)(H2,24,25,26). The van der Waals surface area contributed by atoms with E-state index in [0.29, 0.717) is 22.7 Å². The van der Waals surface area contributed by atoms with Gasteiger partial charge in [-0.25, -0.2) is 9.97 Å².